The maximum Gasteiger partial charge on any atom is 0.253 e. The standard InChI is InChI=1S/C17H30ClN5O/c18-16-14(8-20-21-17(16)24)22-7-6-13-15(10-22)23(11-19-13)9-12-4-2-1-3-5-12/h12-16,19-20H,1-11H2,(H,21,24). The molecule has 136 valence electrons. The predicted octanol–water partition coefficient (Wildman–Crippen LogP) is 0.483. The summed E-state index contributed by atoms with van der Waals surface area (Å²) in [4.78, 5) is 16.9. The number of hydrogen-bond donors (Lipinski definition) is 3. The summed E-state index contributed by atoms with van der Waals surface area (Å²) in [6, 6.07) is 1.26. The van der Waals surface area contributed by atoms with Crippen molar-refractivity contribution in [2.24, 2.45) is 5.92 Å². The molecule has 3 N–H and O–H groups in total. The minimum absolute atomic E-state index is 0.0958. The number of fused-ring (bicyclic) bond motifs is 1. The number of nitrogens with one attached hydrogen (secondary N) is 3. The van der Waals surface area contributed by atoms with Crippen LogP contribution in [0.2, 0.25) is 0 Å². The second kappa shape index (κ2) is 7.46. The Morgan fingerprint density at radius 2 is 1.96 bits per heavy atom. The fourth-order valence-corrected chi connectivity index (χ4v) is 5.33. The van der Waals surface area contributed by atoms with E-state index in [0.29, 0.717) is 12.1 Å². The first-order valence-electron chi connectivity index (χ1n) is 9.60. The number of likely N-dealkylation sites (tertiary alicyclic amines) is 1. The second-order valence-corrected chi connectivity index (χ2v) is 8.40. The minimum atomic E-state index is -0.455. The Hall–Kier alpha value is -0.400. The van der Waals surface area contributed by atoms with Gasteiger partial charge in [-0.1, -0.05) is 19.3 Å². The third kappa shape index (κ3) is 3.44. The van der Waals surface area contributed by atoms with E-state index in [9.17, 15) is 4.79 Å². The molecular formula is C17H30ClN5O. The maximum atomic E-state index is 11.8. The van der Waals surface area contributed by atoms with Crippen LogP contribution < -0.4 is 16.2 Å². The van der Waals surface area contributed by atoms with E-state index in [-0.39, 0.29) is 11.9 Å². The third-order valence-electron chi connectivity index (χ3n) is 6.44. The summed E-state index contributed by atoms with van der Waals surface area (Å²) in [6.45, 7) is 5.03. The zero-order valence-corrected chi connectivity index (χ0v) is 15.1. The van der Waals surface area contributed by atoms with Crippen molar-refractivity contribution < 1.29 is 4.79 Å². The van der Waals surface area contributed by atoms with Gasteiger partial charge in [-0.3, -0.25) is 25.3 Å². The van der Waals surface area contributed by atoms with Crippen molar-refractivity contribution >= 4 is 17.5 Å². The fraction of sp³-hybridized carbons (Fsp3) is 0.941. The number of amides is 1. The van der Waals surface area contributed by atoms with E-state index in [4.69, 9.17) is 11.6 Å². The van der Waals surface area contributed by atoms with Gasteiger partial charge in [-0.15, -0.1) is 11.6 Å². The lowest BCUT2D eigenvalue weighted by Gasteiger charge is -2.44. The van der Waals surface area contributed by atoms with Gasteiger partial charge in [0.1, 0.15) is 5.38 Å². The average Bonchev–Trinajstić information content (AvgIpc) is 3.00. The van der Waals surface area contributed by atoms with E-state index < -0.39 is 5.38 Å². The van der Waals surface area contributed by atoms with E-state index in [0.717, 1.165) is 38.6 Å². The van der Waals surface area contributed by atoms with Crippen LogP contribution in [0, 0.1) is 5.92 Å². The summed E-state index contributed by atoms with van der Waals surface area (Å²) < 4.78 is 0. The van der Waals surface area contributed by atoms with Crippen molar-refractivity contribution in [1.29, 1.82) is 0 Å². The van der Waals surface area contributed by atoms with Gasteiger partial charge in [0.05, 0.1) is 0 Å². The molecule has 1 amide bonds. The molecule has 0 aromatic heterocycles. The summed E-state index contributed by atoms with van der Waals surface area (Å²) in [7, 11) is 0. The highest BCUT2D eigenvalue weighted by atomic mass is 35.5. The smallest absolute Gasteiger partial charge is 0.253 e. The summed E-state index contributed by atoms with van der Waals surface area (Å²) in [5, 5.41) is 3.26. The van der Waals surface area contributed by atoms with Crippen molar-refractivity contribution in [3.8, 4) is 0 Å². The SMILES string of the molecule is O=C1NNCC(N2CCC3NCN(CC4CCCCC4)C3C2)C1Cl. The van der Waals surface area contributed by atoms with E-state index in [2.05, 4.69) is 26.0 Å². The van der Waals surface area contributed by atoms with Gasteiger partial charge in [0, 0.05) is 51.0 Å². The largest absolute Gasteiger partial charge is 0.300 e. The highest BCUT2D eigenvalue weighted by molar-refractivity contribution is 6.31. The number of alkyl halides is 1. The number of carbonyl (C=O) groups is 1. The van der Waals surface area contributed by atoms with Crippen LogP contribution >= 0.6 is 11.6 Å². The highest BCUT2D eigenvalue weighted by Gasteiger charge is 2.43. The summed E-state index contributed by atoms with van der Waals surface area (Å²) in [6.07, 6.45) is 8.17. The molecule has 0 radical (unpaired) electrons. The molecule has 1 saturated carbocycles. The van der Waals surface area contributed by atoms with Gasteiger partial charge in [-0.25, -0.2) is 5.43 Å². The van der Waals surface area contributed by atoms with Gasteiger partial charge in [-0.05, 0) is 25.2 Å². The number of hydrogen-bond acceptors (Lipinski definition) is 5. The van der Waals surface area contributed by atoms with E-state index in [1.54, 1.807) is 0 Å². The van der Waals surface area contributed by atoms with Crippen LogP contribution in [0.15, 0.2) is 0 Å². The monoisotopic (exact) mass is 355 g/mol. The first-order chi connectivity index (χ1) is 11.7. The summed E-state index contributed by atoms with van der Waals surface area (Å²) in [5.41, 5.74) is 5.63. The molecular weight excluding hydrogens is 326 g/mol. The summed E-state index contributed by atoms with van der Waals surface area (Å²) >= 11 is 6.38. The molecule has 0 bridgehead atoms. The number of nitrogens with zero attached hydrogens (tertiary/aromatic N) is 2. The zero-order chi connectivity index (χ0) is 16.5. The van der Waals surface area contributed by atoms with Gasteiger partial charge >= 0.3 is 0 Å². The molecule has 3 heterocycles. The van der Waals surface area contributed by atoms with Gasteiger partial charge in [0.25, 0.3) is 5.91 Å². The first-order valence-corrected chi connectivity index (χ1v) is 10.0. The van der Waals surface area contributed by atoms with Gasteiger partial charge in [0.2, 0.25) is 0 Å². The molecule has 4 aliphatic rings. The Balaban J connectivity index is 1.38. The van der Waals surface area contributed by atoms with Crippen molar-refractivity contribution in [2.45, 2.75) is 62.0 Å². The van der Waals surface area contributed by atoms with Crippen LogP contribution in [0.5, 0.6) is 0 Å². The molecule has 24 heavy (non-hydrogen) atoms. The van der Waals surface area contributed by atoms with Gasteiger partial charge in [0.15, 0.2) is 0 Å². The Morgan fingerprint density at radius 3 is 2.79 bits per heavy atom. The Labute approximate surface area is 149 Å². The normalized spacial score (nSPS) is 39.6. The van der Waals surface area contributed by atoms with Crippen LogP contribution in [0.1, 0.15) is 38.5 Å². The van der Waals surface area contributed by atoms with E-state index in [1.165, 1.54) is 38.6 Å². The van der Waals surface area contributed by atoms with Gasteiger partial charge in [-0.2, -0.15) is 0 Å². The van der Waals surface area contributed by atoms with Crippen molar-refractivity contribution in [3.63, 3.8) is 0 Å². The highest BCUT2D eigenvalue weighted by Crippen LogP contribution is 2.29. The average molecular weight is 356 g/mol. The van der Waals surface area contributed by atoms with E-state index >= 15 is 0 Å². The quantitative estimate of drug-likeness (QED) is 0.643. The van der Waals surface area contributed by atoms with Crippen molar-refractivity contribution in [2.75, 3.05) is 32.8 Å². The first kappa shape index (κ1) is 17.0. The van der Waals surface area contributed by atoms with Gasteiger partial charge < -0.3 is 0 Å². The van der Waals surface area contributed by atoms with Crippen LogP contribution in [-0.4, -0.2) is 72.1 Å². The molecule has 4 fully saturated rings. The Bertz CT molecular complexity index is 458. The molecule has 0 aromatic rings. The molecule has 4 atom stereocenters. The predicted molar refractivity (Wildman–Crippen MR) is 94.6 cm³/mol. The van der Waals surface area contributed by atoms with Crippen LogP contribution in [0.4, 0.5) is 0 Å². The van der Waals surface area contributed by atoms with Crippen LogP contribution in [0.3, 0.4) is 0 Å². The van der Waals surface area contributed by atoms with Crippen LogP contribution in [0.25, 0.3) is 0 Å². The second-order valence-electron chi connectivity index (χ2n) is 7.93. The molecule has 6 nitrogen and oxygen atoms in total. The Morgan fingerprint density at radius 1 is 1.12 bits per heavy atom. The number of piperidine rings is 1. The maximum absolute atomic E-state index is 11.8. The number of halogens is 1. The Kier molecular flexibility index (Phi) is 5.29. The molecule has 4 unspecified atom stereocenters. The van der Waals surface area contributed by atoms with Crippen molar-refractivity contribution in [1.82, 2.24) is 26.0 Å². The molecule has 3 aliphatic heterocycles. The molecule has 4 rings (SSSR count). The number of carbonyl (C=O) groups excluding carboxylic acids is 1. The zero-order valence-electron chi connectivity index (χ0n) is 14.3. The molecule has 0 aromatic carbocycles. The third-order valence-corrected chi connectivity index (χ3v) is 6.93. The fourth-order valence-electron chi connectivity index (χ4n) is 5.02. The number of hydrazine groups is 1. The van der Waals surface area contributed by atoms with Crippen molar-refractivity contribution in [3.05, 3.63) is 0 Å². The number of rotatable bonds is 3. The molecule has 0 spiro atoms. The van der Waals surface area contributed by atoms with E-state index in [1.807, 2.05) is 0 Å². The lowest BCUT2D eigenvalue weighted by molar-refractivity contribution is -0.125. The lowest BCUT2D eigenvalue weighted by atomic mass is 9.88. The molecule has 3 saturated heterocycles. The lowest BCUT2D eigenvalue weighted by Crippen LogP contribution is -2.65. The summed E-state index contributed by atoms with van der Waals surface area (Å²) in [5.74, 6) is 0.774. The van der Waals surface area contributed by atoms with Crippen LogP contribution in [-0.2, 0) is 4.79 Å². The topological polar surface area (TPSA) is 59.6 Å². The molecule has 1 aliphatic carbocycles. The molecule has 7 heteroatoms. The minimum Gasteiger partial charge on any atom is -0.300 e.